The van der Waals surface area contributed by atoms with Gasteiger partial charge in [0, 0.05) is 6.54 Å². The predicted octanol–water partition coefficient (Wildman–Crippen LogP) is 3.79. The maximum absolute atomic E-state index is 12.8. The fourth-order valence-corrected chi connectivity index (χ4v) is 4.83. The quantitative estimate of drug-likeness (QED) is 0.751. The first-order valence-corrected chi connectivity index (χ1v) is 10.7. The maximum Gasteiger partial charge on any atom is 0.244 e. The Balaban J connectivity index is 1.67. The van der Waals surface area contributed by atoms with E-state index in [0.29, 0.717) is 12.3 Å². The summed E-state index contributed by atoms with van der Waals surface area (Å²) in [5, 5.41) is 0. The van der Waals surface area contributed by atoms with Crippen LogP contribution in [0.2, 0.25) is 0 Å². The molecule has 0 amide bonds. The van der Waals surface area contributed by atoms with Gasteiger partial charge in [-0.1, -0.05) is 29.8 Å². The van der Waals surface area contributed by atoms with E-state index in [4.69, 9.17) is 4.74 Å². The number of aryl methyl sites for hydroxylation is 4. The monoisotopic (exact) mass is 373 g/mol. The van der Waals surface area contributed by atoms with Crippen LogP contribution in [0.3, 0.4) is 0 Å². The average Bonchev–Trinajstić information content (AvgIpc) is 2.64. The van der Waals surface area contributed by atoms with Crippen LogP contribution in [0.1, 0.15) is 41.5 Å². The van der Waals surface area contributed by atoms with Gasteiger partial charge < -0.3 is 4.74 Å². The lowest BCUT2D eigenvalue weighted by molar-refractivity contribution is 0.401. The lowest BCUT2D eigenvalue weighted by Gasteiger charge is -2.19. The first-order valence-electron chi connectivity index (χ1n) is 9.24. The minimum atomic E-state index is -3.57. The zero-order chi connectivity index (χ0) is 18.6. The summed E-state index contributed by atoms with van der Waals surface area (Å²) in [7, 11) is -2.05. The Labute approximate surface area is 156 Å². The fourth-order valence-electron chi connectivity index (χ4n) is 3.55. The third kappa shape index (κ3) is 4.46. The summed E-state index contributed by atoms with van der Waals surface area (Å²) in [5.41, 5.74) is 4.81. The summed E-state index contributed by atoms with van der Waals surface area (Å²) in [6.45, 7) is 2.48. The molecule has 0 fully saturated rings. The van der Waals surface area contributed by atoms with Crippen molar-refractivity contribution >= 4 is 10.0 Å². The van der Waals surface area contributed by atoms with Gasteiger partial charge >= 0.3 is 0 Å². The van der Waals surface area contributed by atoms with E-state index in [1.54, 1.807) is 6.07 Å². The molecule has 0 atom stereocenters. The molecule has 0 heterocycles. The number of hydrogen-bond donors (Lipinski definition) is 1. The molecule has 1 aliphatic carbocycles. The molecule has 3 rings (SSSR count). The zero-order valence-electron chi connectivity index (χ0n) is 15.5. The number of nitrogens with one attached hydrogen (secondary N) is 1. The van der Waals surface area contributed by atoms with Crippen molar-refractivity contribution in [2.75, 3.05) is 13.7 Å². The van der Waals surface area contributed by atoms with Crippen LogP contribution < -0.4 is 9.46 Å². The van der Waals surface area contributed by atoms with Crippen LogP contribution in [0.4, 0.5) is 0 Å². The molecule has 2 aromatic carbocycles. The molecule has 0 unspecified atom stereocenters. The average molecular weight is 374 g/mol. The Bertz CT molecular complexity index is 875. The Kier molecular flexibility index (Phi) is 5.99. The van der Waals surface area contributed by atoms with Crippen LogP contribution in [0.15, 0.2) is 41.3 Å². The van der Waals surface area contributed by atoms with Gasteiger partial charge in [-0.3, -0.25) is 0 Å². The minimum Gasteiger partial charge on any atom is -0.495 e. The molecule has 0 spiro atoms. The van der Waals surface area contributed by atoms with Crippen LogP contribution in [-0.2, 0) is 29.3 Å². The molecule has 5 heteroatoms. The van der Waals surface area contributed by atoms with Crippen LogP contribution >= 0.6 is 0 Å². The molecule has 0 radical (unpaired) electrons. The second kappa shape index (κ2) is 8.23. The molecule has 0 saturated heterocycles. The third-order valence-electron chi connectivity index (χ3n) is 4.93. The van der Waals surface area contributed by atoms with Gasteiger partial charge in [-0.05, 0) is 74.3 Å². The highest BCUT2D eigenvalue weighted by Gasteiger charge is 2.22. The van der Waals surface area contributed by atoms with E-state index >= 15 is 0 Å². The number of hydrogen-bond acceptors (Lipinski definition) is 3. The summed E-state index contributed by atoms with van der Waals surface area (Å²) >= 11 is 0. The van der Waals surface area contributed by atoms with E-state index in [1.165, 1.54) is 23.8 Å². The second-order valence-electron chi connectivity index (χ2n) is 6.97. The number of methoxy groups -OCH3 is 1. The summed E-state index contributed by atoms with van der Waals surface area (Å²) in [6.07, 6.45) is 5.81. The zero-order valence-corrected chi connectivity index (χ0v) is 16.4. The van der Waals surface area contributed by atoms with E-state index in [0.717, 1.165) is 44.1 Å². The van der Waals surface area contributed by atoms with Gasteiger partial charge in [0.25, 0.3) is 0 Å². The fraction of sp³-hybridized carbons (Fsp3) is 0.429. The van der Waals surface area contributed by atoms with Crippen molar-refractivity contribution in [2.24, 2.45) is 0 Å². The van der Waals surface area contributed by atoms with Crippen molar-refractivity contribution in [3.05, 3.63) is 58.7 Å². The molecule has 2 aromatic rings. The van der Waals surface area contributed by atoms with Gasteiger partial charge in [0.1, 0.15) is 10.6 Å². The van der Waals surface area contributed by atoms with E-state index in [9.17, 15) is 8.42 Å². The van der Waals surface area contributed by atoms with Gasteiger partial charge in [-0.25, -0.2) is 13.1 Å². The molecule has 1 N–H and O–H groups in total. The molecular weight excluding hydrogens is 346 g/mol. The third-order valence-corrected chi connectivity index (χ3v) is 6.42. The molecule has 0 aliphatic heterocycles. The number of ether oxygens (including phenoxy) is 1. The number of sulfonamides is 1. The van der Waals surface area contributed by atoms with Crippen molar-refractivity contribution in [1.29, 1.82) is 0 Å². The van der Waals surface area contributed by atoms with Crippen LogP contribution in [-0.4, -0.2) is 22.1 Å². The highest BCUT2D eigenvalue weighted by atomic mass is 32.2. The summed E-state index contributed by atoms with van der Waals surface area (Å²) in [4.78, 5) is 0.260. The van der Waals surface area contributed by atoms with Gasteiger partial charge in [-0.2, -0.15) is 0 Å². The van der Waals surface area contributed by atoms with Gasteiger partial charge in [0.2, 0.25) is 10.0 Å². The first kappa shape index (κ1) is 18.9. The van der Waals surface area contributed by atoms with Crippen LogP contribution in [0, 0.1) is 6.92 Å². The molecule has 140 valence electrons. The lowest BCUT2D eigenvalue weighted by atomic mass is 9.92. The van der Waals surface area contributed by atoms with Crippen molar-refractivity contribution in [1.82, 2.24) is 4.72 Å². The second-order valence-corrected chi connectivity index (χ2v) is 8.70. The van der Waals surface area contributed by atoms with Crippen LogP contribution in [0.25, 0.3) is 0 Å². The Morgan fingerprint density at radius 2 is 1.81 bits per heavy atom. The van der Waals surface area contributed by atoms with Gasteiger partial charge in [0.05, 0.1) is 7.11 Å². The topological polar surface area (TPSA) is 55.4 Å². The van der Waals surface area contributed by atoms with Crippen molar-refractivity contribution in [3.8, 4) is 5.75 Å². The van der Waals surface area contributed by atoms with E-state index in [-0.39, 0.29) is 4.90 Å². The van der Waals surface area contributed by atoms with E-state index in [1.807, 2.05) is 12.1 Å². The number of rotatable bonds is 7. The van der Waals surface area contributed by atoms with Crippen LogP contribution in [0.5, 0.6) is 5.75 Å². The molecular formula is C21H27NO3S. The number of fused-ring (bicyclic) bond motifs is 1. The maximum atomic E-state index is 12.8. The van der Waals surface area contributed by atoms with Crippen molar-refractivity contribution in [2.45, 2.75) is 50.3 Å². The highest BCUT2D eigenvalue weighted by molar-refractivity contribution is 7.89. The van der Waals surface area contributed by atoms with Gasteiger partial charge in [-0.15, -0.1) is 0 Å². The Hall–Kier alpha value is -1.85. The normalized spacial score (nSPS) is 14.1. The summed E-state index contributed by atoms with van der Waals surface area (Å²) < 4.78 is 33.6. The summed E-state index contributed by atoms with van der Waals surface area (Å²) in [6, 6.07) is 12.0. The Morgan fingerprint density at radius 3 is 2.50 bits per heavy atom. The SMILES string of the molecule is COc1cc2c(cc1S(=O)(=O)NCCCc1cccc(C)c1)CCCC2. The Morgan fingerprint density at radius 1 is 1.08 bits per heavy atom. The summed E-state index contributed by atoms with van der Waals surface area (Å²) in [5.74, 6) is 0.442. The molecule has 0 aromatic heterocycles. The predicted molar refractivity (Wildman–Crippen MR) is 104 cm³/mol. The molecule has 4 nitrogen and oxygen atoms in total. The van der Waals surface area contributed by atoms with Gasteiger partial charge in [0.15, 0.2) is 0 Å². The number of benzene rings is 2. The largest absolute Gasteiger partial charge is 0.495 e. The lowest BCUT2D eigenvalue weighted by Crippen LogP contribution is -2.26. The highest BCUT2D eigenvalue weighted by Crippen LogP contribution is 2.31. The molecule has 0 bridgehead atoms. The molecule has 0 saturated carbocycles. The van der Waals surface area contributed by atoms with Crippen molar-refractivity contribution < 1.29 is 13.2 Å². The van der Waals surface area contributed by atoms with E-state index < -0.39 is 10.0 Å². The smallest absolute Gasteiger partial charge is 0.244 e. The standard InChI is InChI=1S/C21H27NO3S/c1-16-7-5-8-17(13-16)9-6-12-22-26(23,24)21-15-19-11-4-3-10-18(19)14-20(21)25-2/h5,7-8,13-15,22H,3-4,6,9-12H2,1-2H3. The van der Waals surface area contributed by atoms with E-state index in [2.05, 4.69) is 29.8 Å². The molecule has 26 heavy (non-hydrogen) atoms. The minimum absolute atomic E-state index is 0.260. The first-order chi connectivity index (χ1) is 12.5. The molecule has 1 aliphatic rings. The van der Waals surface area contributed by atoms with Crippen molar-refractivity contribution in [3.63, 3.8) is 0 Å².